The van der Waals surface area contributed by atoms with Gasteiger partial charge in [-0.15, -0.1) is 0 Å². The number of ether oxygens (including phenoxy) is 3. The van der Waals surface area contributed by atoms with E-state index in [9.17, 15) is 45.2 Å². The summed E-state index contributed by atoms with van der Waals surface area (Å²) in [6.45, 7) is 3.39. The second-order valence-electron chi connectivity index (χ2n) is 16.8. The predicted octanol–water partition coefficient (Wildman–Crippen LogP) is 4.47. The zero-order chi connectivity index (χ0) is 44.8. The van der Waals surface area contributed by atoms with Crippen LogP contribution in [0.25, 0.3) is 10.9 Å². The number of sulfonamides is 1. The van der Waals surface area contributed by atoms with E-state index in [0.29, 0.717) is 48.6 Å². The molecule has 0 radical (unpaired) electrons. The molecule has 5 atom stereocenters. The third-order valence-corrected chi connectivity index (χ3v) is 13.8. The van der Waals surface area contributed by atoms with Crippen LogP contribution in [-0.2, 0) is 31.0 Å². The Kier molecular flexibility index (Phi) is 12.2. The summed E-state index contributed by atoms with van der Waals surface area (Å²) < 4.78 is 99.9. The second kappa shape index (κ2) is 17.0. The van der Waals surface area contributed by atoms with E-state index in [-0.39, 0.29) is 60.5 Å². The van der Waals surface area contributed by atoms with Gasteiger partial charge in [0.25, 0.3) is 11.8 Å². The SMILES string of the molecule is COc1c(F)ccc2c(O[C@@H]3C[C@H]4C(=O)N[C@]5(C(=O)NS(=O)(=O)C6(C)CC6)C[C@H]5C=CCCCCC[C@H](NC(=O)c5ccn(CC(F)(F)F)n5)C(=O)N4C3)cc(OC(C)C)nc12. The molecule has 62 heavy (non-hydrogen) atoms. The van der Waals surface area contributed by atoms with Gasteiger partial charge in [-0.2, -0.15) is 18.3 Å². The maximum Gasteiger partial charge on any atom is 0.408 e. The number of halogens is 4. The Hall–Kier alpha value is -5.47. The van der Waals surface area contributed by atoms with Crippen LogP contribution in [0.15, 0.2) is 42.6 Å². The molecule has 4 heterocycles. The summed E-state index contributed by atoms with van der Waals surface area (Å²) in [4.78, 5) is 62.4. The lowest BCUT2D eigenvalue weighted by Gasteiger charge is -2.30. The van der Waals surface area contributed by atoms with Gasteiger partial charge in [-0.3, -0.25) is 28.6 Å². The maximum atomic E-state index is 14.9. The molecule has 2 aliphatic carbocycles. The molecule has 2 aliphatic heterocycles. The number of nitrogens with zero attached hydrogens (tertiary/aromatic N) is 4. The number of alkyl halides is 3. The molecule has 2 aromatic heterocycles. The summed E-state index contributed by atoms with van der Waals surface area (Å²) in [7, 11) is -2.82. The highest BCUT2D eigenvalue weighted by molar-refractivity contribution is 7.91. The minimum Gasteiger partial charge on any atom is -0.491 e. The monoisotopic (exact) mass is 891 g/mol. The van der Waals surface area contributed by atoms with E-state index in [2.05, 4.69) is 25.4 Å². The summed E-state index contributed by atoms with van der Waals surface area (Å²) in [5.74, 6) is -4.51. The van der Waals surface area contributed by atoms with Crippen molar-refractivity contribution in [3.63, 3.8) is 0 Å². The van der Waals surface area contributed by atoms with Gasteiger partial charge in [-0.05, 0) is 77.5 Å². The van der Waals surface area contributed by atoms with Crippen molar-refractivity contribution in [1.82, 2.24) is 35.0 Å². The van der Waals surface area contributed by atoms with Gasteiger partial charge in [0, 0.05) is 30.0 Å². The number of carbonyl (C=O) groups excluding carboxylic acids is 4. The molecule has 1 saturated heterocycles. The molecular formula is C41H49F4N7O9S. The quantitative estimate of drug-likeness (QED) is 0.181. The molecule has 7 rings (SSSR count). The highest BCUT2D eigenvalue weighted by Gasteiger charge is 2.63. The minimum absolute atomic E-state index is 0.0734. The van der Waals surface area contributed by atoms with Crippen LogP contribution in [0.2, 0.25) is 0 Å². The van der Waals surface area contributed by atoms with Gasteiger partial charge in [-0.25, -0.2) is 17.8 Å². The molecule has 3 aromatic rings. The first-order chi connectivity index (χ1) is 29.2. The molecule has 21 heteroatoms. The maximum absolute atomic E-state index is 14.9. The first-order valence-corrected chi connectivity index (χ1v) is 22.0. The number of methoxy groups -OCH3 is 1. The molecule has 16 nitrogen and oxygen atoms in total. The Bertz CT molecular complexity index is 2390. The summed E-state index contributed by atoms with van der Waals surface area (Å²) in [6.07, 6.45) is 1.75. The Morgan fingerprint density at radius 2 is 1.87 bits per heavy atom. The minimum atomic E-state index is -4.60. The number of fused-ring (bicyclic) bond motifs is 3. The van der Waals surface area contributed by atoms with Gasteiger partial charge in [-0.1, -0.05) is 25.0 Å². The number of rotatable bonds is 11. The number of pyridine rings is 1. The third kappa shape index (κ3) is 9.46. The zero-order valence-corrected chi connectivity index (χ0v) is 35.4. The fourth-order valence-corrected chi connectivity index (χ4v) is 9.21. The number of hydrogen-bond acceptors (Lipinski definition) is 11. The van der Waals surface area contributed by atoms with Crippen molar-refractivity contribution in [1.29, 1.82) is 0 Å². The molecule has 0 spiro atoms. The van der Waals surface area contributed by atoms with Gasteiger partial charge in [0.05, 0.1) is 24.5 Å². The normalized spacial score (nSPS) is 25.2. The summed E-state index contributed by atoms with van der Waals surface area (Å²) in [6, 6.07) is 2.57. The third-order valence-electron chi connectivity index (χ3n) is 11.7. The second-order valence-corrected chi connectivity index (χ2v) is 19.0. The van der Waals surface area contributed by atoms with Gasteiger partial charge < -0.3 is 29.7 Å². The lowest BCUT2D eigenvalue weighted by Crippen LogP contribution is -2.58. The number of aromatic nitrogens is 3. The van der Waals surface area contributed by atoms with Crippen LogP contribution < -0.4 is 29.6 Å². The topological polar surface area (TPSA) is 200 Å². The van der Waals surface area contributed by atoms with Gasteiger partial charge in [0.15, 0.2) is 11.6 Å². The van der Waals surface area contributed by atoms with E-state index < -0.39 is 86.6 Å². The lowest BCUT2D eigenvalue weighted by molar-refractivity contribution is -0.142. The average molecular weight is 892 g/mol. The van der Waals surface area contributed by atoms with Crippen molar-refractivity contribution in [2.24, 2.45) is 5.92 Å². The standard InChI is InChI=1S/C41H49F4N7O9S/c1-23(2)60-32-19-31(26-12-13-27(42)34(59-4)33(26)47-32)61-25-18-30-36(54)48-40(38(56)50-62(57,58)39(3)15-16-39)20-24(40)10-8-6-5-7-9-11-29(37(55)52(30)21-25)46-35(53)28-14-17-51(49-28)22-41(43,44)45/h8,10,12-14,17,19,23-25,29-30H,5-7,9,11,15-16,18,20-22H2,1-4H3,(H,46,53)(H,48,54)(H,50,56)/t24-,25-,29+,30+,40-/m1/s1. The number of carbonyl (C=O) groups is 4. The van der Waals surface area contributed by atoms with E-state index >= 15 is 0 Å². The molecule has 4 aliphatic rings. The Labute approximate surface area is 355 Å². The van der Waals surface area contributed by atoms with Crippen LogP contribution in [0, 0.1) is 11.7 Å². The van der Waals surface area contributed by atoms with Crippen molar-refractivity contribution in [2.75, 3.05) is 13.7 Å². The number of benzene rings is 1. The first-order valence-electron chi connectivity index (χ1n) is 20.5. The van der Waals surface area contributed by atoms with Gasteiger partial charge in [0.1, 0.15) is 47.2 Å². The van der Waals surface area contributed by atoms with Crippen LogP contribution in [0.3, 0.4) is 0 Å². The number of nitrogens with one attached hydrogen (secondary N) is 3. The van der Waals surface area contributed by atoms with Gasteiger partial charge >= 0.3 is 6.18 Å². The molecule has 2 saturated carbocycles. The molecule has 0 unspecified atom stereocenters. The summed E-state index contributed by atoms with van der Waals surface area (Å²) in [5.41, 5.74) is -1.94. The van der Waals surface area contributed by atoms with Crippen LogP contribution in [0.1, 0.15) is 89.0 Å². The molecule has 0 bridgehead atoms. The Morgan fingerprint density at radius 1 is 1.11 bits per heavy atom. The van der Waals surface area contributed by atoms with E-state index in [1.165, 1.54) is 37.1 Å². The fourth-order valence-electron chi connectivity index (χ4n) is 7.90. The summed E-state index contributed by atoms with van der Waals surface area (Å²) in [5, 5.41) is 9.49. The molecule has 1 aromatic carbocycles. The number of amides is 4. The van der Waals surface area contributed by atoms with Gasteiger partial charge in [0.2, 0.25) is 27.7 Å². The van der Waals surface area contributed by atoms with Crippen molar-refractivity contribution < 1.29 is 59.4 Å². The summed E-state index contributed by atoms with van der Waals surface area (Å²) >= 11 is 0. The van der Waals surface area contributed by atoms with Crippen LogP contribution in [-0.4, -0.2) is 106 Å². The zero-order valence-electron chi connectivity index (χ0n) is 34.6. The first kappa shape index (κ1) is 44.6. The van der Waals surface area contributed by atoms with Crippen LogP contribution in [0.4, 0.5) is 17.6 Å². The highest BCUT2D eigenvalue weighted by atomic mass is 32.2. The van der Waals surface area contributed by atoms with E-state index in [1.807, 2.05) is 6.08 Å². The number of hydrogen-bond donors (Lipinski definition) is 3. The Morgan fingerprint density at radius 3 is 2.56 bits per heavy atom. The van der Waals surface area contributed by atoms with E-state index in [1.54, 1.807) is 19.9 Å². The van der Waals surface area contributed by atoms with Crippen LogP contribution >= 0.6 is 0 Å². The molecule has 336 valence electrons. The molecular weight excluding hydrogens is 843 g/mol. The predicted molar refractivity (Wildman–Crippen MR) is 214 cm³/mol. The highest BCUT2D eigenvalue weighted by Crippen LogP contribution is 2.48. The lowest BCUT2D eigenvalue weighted by atomic mass is 10.0. The van der Waals surface area contributed by atoms with Crippen molar-refractivity contribution >= 4 is 44.6 Å². The van der Waals surface area contributed by atoms with Crippen molar-refractivity contribution in [3.05, 3.63) is 54.1 Å². The number of allylic oxidation sites excluding steroid dienone is 1. The van der Waals surface area contributed by atoms with E-state index in [0.717, 1.165) is 12.3 Å². The Balaban J connectivity index is 1.23. The fraction of sp³-hybridized carbons (Fsp3) is 0.561. The average Bonchev–Trinajstić information content (AvgIpc) is 3.98. The molecule has 3 fully saturated rings. The van der Waals surface area contributed by atoms with E-state index in [4.69, 9.17) is 14.2 Å². The smallest absolute Gasteiger partial charge is 0.408 e. The molecule has 4 amide bonds. The molecule has 3 N–H and O–H groups in total. The van der Waals surface area contributed by atoms with Crippen molar-refractivity contribution in [3.8, 4) is 17.4 Å². The van der Waals surface area contributed by atoms with Crippen LogP contribution in [0.5, 0.6) is 17.4 Å². The largest absolute Gasteiger partial charge is 0.491 e. The van der Waals surface area contributed by atoms with Crippen molar-refractivity contribution in [2.45, 2.75) is 126 Å².